The fourth-order valence-electron chi connectivity index (χ4n) is 1.57. The van der Waals surface area contributed by atoms with Crippen molar-refractivity contribution in [1.82, 2.24) is 10.6 Å². The van der Waals surface area contributed by atoms with Crippen LogP contribution in [0.15, 0.2) is 12.2 Å². The maximum Gasteiger partial charge on any atom is 0.221 e. The lowest BCUT2D eigenvalue weighted by Crippen LogP contribution is -2.34. The summed E-state index contributed by atoms with van der Waals surface area (Å²) in [5.41, 5.74) is 0. The summed E-state index contributed by atoms with van der Waals surface area (Å²) in [5.74, 6) is 0.137. The third kappa shape index (κ3) is 4.42. The highest BCUT2D eigenvalue weighted by Gasteiger charge is 2.09. The summed E-state index contributed by atoms with van der Waals surface area (Å²) in [6, 6.07) is 0.803. The van der Waals surface area contributed by atoms with Crippen molar-refractivity contribution < 1.29 is 4.79 Å². The Morgan fingerprint density at radius 1 is 1.43 bits per heavy atom. The molecule has 1 rings (SSSR count). The van der Waals surface area contributed by atoms with Gasteiger partial charge in [-0.2, -0.15) is 0 Å². The van der Waals surface area contributed by atoms with Gasteiger partial charge in [0.1, 0.15) is 0 Å². The fourth-order valence-corrected chi connectivity index (χ4v) is 1.57. The van der Waals surface area contributed by atoms with E-state index in [2.05, 4.69) is 22.8 Å². The molecule has 0 heterocycles. The van der Waals surface area contributed by atoms with Gasteiger partial charge in [-0.05, 0) is 26.7 Å². The van der Waals surface area contributed by atoms with Crippen LogP contribution < -0.4 is 10.6 Å². The Morgan fingerprint density at radius 2 is 2.07 bits per heavy atom. The first kappa shape index (κ1) is 11.2. The molecule has 0 aromatic heterocycles. The summed E-state index contributed by atoms with van der Waals surface area (Å²) in [5, 5.41) is 6.24. The Hall–Kier alpha value is -0.830. The second-order valence-corrected chi connectivity index (χ2v) is 4.07. The Morgan fingerprint density at radius 3 is 2.64 bits per heavy atom. The van der Waals surface area contributed by atoms with Crippen molar-refractivity contribution in [3.63, 3.8) is 0 Å². The van der Waals surface area contributed by atoms with E-state index in [4.69, 9.17) is 0 Å². The lowest BCUT2D eigenvalue weighted by molar-refractivity contribution is -0.121. The van der Waals surface area contributed by atoms with Gasteiger partial charge >= 0.3 is 0 Å². The molecule has 3 nitrogen and oxygen atoms in total. The minimum Gasteiger partial charge on any atom is -0.354 e. The van der Waals surface area contributed by atoms with E-state index in [1.165, 1.54) is 0 Å². The molecule has 0 saturated heterocycles. The van der Waals surface area contributed by atoms with E-state index in [-0.39, 0.29) is 11.9 Å². The van der Waals surface area contributed by atoms with E-state index in [1.54, 1.807) is 0 Å². The van der Waals surface area contributed by atoms with Gasteiger partial charge in [0.15, 0.2) is 0 Å². The largest absolute Gasteiger partial charge is 0.354 e. The Balaban J connectivity index is 2.00. The number of rotatable bonds is 5. The topological polar surface area (TPSA) is 41.1 Å². The lowest BCUT2D eigenvalue weighted by Gasteiger charge is -2.12. The van der Waals surface area contributed by atoms with Crippen LogP contribution in [0.2, 0.25) is 0 Å². The number of carbonyl (C=O) groups excluding carboxylic acids is 1. The predicted octanol–water partition coefficient (Wildman–Crippen LogP) is 1.21. The van der Waals surface area contributed by atoms with Crippen LogP contribution in [0.4, 0.5) is 0 Å². The number of amides is 1. The van der Waals surface area contributed by atoms with Gasteiger partial charge in [0.05, 0.1) is 0 Å². The highest BCUT2D eigenvalue weighted by atomic mass is 16.1. The first-order valence-electron chi connectivity index (χ1n) is 5.36. The zero-order valence-corrected chi connectivity index (χ0v) is 9.05. The Labute approximate surface area is 86.0 Å². The van der Waals surface area contributed by atoms with Crippen molar-refractivity contribution in [2.24, 2.45) is 0 Å². The average Bonchev–Trinajstić information content (AvgIpc) is 2.55. The first-order valence-corrected chi connectivity index (χ1v) is 5.36. The van der Waals surface area contributed by atoms with Crippen molar-refractivity contribution in [3.05, 3.63) is 12.2 Å². The summed E-state index contributed by atoms with van der Waals surface area (Å²) in [4.78, 5) is 11.3. The van der Waals surface area contributed by atoms with Gasteiger partial charge in [-0.1, -0.05) is 12.2 Å². The zero-order valence-electron chi connectivity index (χ0n) is 9.05. The van der Waals surface area contributed by atoms with Crippen molar-refractivity contribution in [1.29, 1.82) is 0 Å². The predicted molar refractivity (Wildman–Crippen MR) is 58.1 cm³/mol. The smallest absolute Gasteiger partial charge is 0.221 e. The number of carbonyl (C=O) groups is 1. The molecule has 0 aliphatic heterocycles. The maximum absolute atomic E-state index is 11.3. The molecule has 1 aliphatic rings. The van der Waals surface area contributed by atoms with E-state index >= 15 is 0 Å². The van der Waals surface area contributed by atoms with E-state index in [0.717, 1.165) is 19.4 Å². The molecule has 0 atom stereocenters. The summed E-state index contributed by atoms with van der Waals surface area (Å²) in [6.45, 7) is 4.74. The monoisotopic (exact) mass is 196 g/mol. The second kappa shape index (κ2) is 5.81. The second-order valence-electron chi connectivity index (χ2n) is 4.07. The van der Waals surface area contributed by atoms with Gasteiger partial charge in [0, 0.05) is 25.0 Å². The summed E-state index contributed by atoms with van der Waals surface area (Å²) < 4.78 is 0. The highest BCUT2D eigenvalue weighted by Crippen LogP contribution is 2.08. The summed E-state index contributed by atoms with van der Waals surface area (Å²) in [6.07, 6.45) is 7.16. The van der Waals surface area contributed by atoms with Gasteiger partial charge in [0.25, 0.3) is 0 Å². The highest BCUT2D eigenvalue weighted by molar-refractivity contribution is 5.76. The van der Waals surface area contributed by atoms with Crippen LogP contribution in [0.25, 0.3) is 0 Å². The molecule has 0 fully saturated rings. The molecular formula is C11H20N2O. The van der Waals surface area contributed by atoms with Crippen LogP contribution in [0.3, 0.4) is 0 Å². The minimum atomic E-state index is 0.137. The SMILES string of the molecule is CC(C)NC(=O)CCNC1CC=CC1. The maximum atomic E-state index is 11.3. The molecule has 80 valence electrons. The minimum absolute atomic E-state index is 0.137. The fraction of sp³-hybridized carbons (Fsp3) is 0.727. The van der Waals surface area contributed by atoms with E-state index in [1.807, 2.05) is 13.8 Å². The van der Waals surface area contributed by atoms with E-state index in [0.29, 0.717) is 12.5 Å². The van der Waals surface area contributed by atoms with Gasteiger partial charge in [-0.25, -0.2) is 0 Å². The molecule has 1 aliphatic carbocycles. The van der Waals surface area contributed by atoms with Crippen LogP contribution in [-0.2, 0) is 4.79 Å². The lowest BCUT2D eigenvalue weighted by atomic mass is 10.2. The third-order valence-corrected chi connectivity index (χ3v) is 2.24. The standard InChI is InChI=1S/C11H20N2O/c1-9(2)13-11(14)7-8-12-10-5-3-4-6-10/h3-4,9-10,12H,5-8H2,1-2H3,(H,13,14). The molecule has 1 amide bonds. The first-order chi connectivity index (χ1) is 6.68. The van der Waals surface area contributed by atoms with Crippen molar-refractivity contribution in [2.75, 3.05) is 6.54 Å². The zero-order chi connectivity index (χ0) is 10.4. The van der Waals surface area contributed by atoms with Crippen LogP contribution in [0.1, 0.15) is 33.1 Å². The molecule has 2 N–H and O–H groups in total. The molecule has 0 aromatic rings. The number of hydrogen-bond donors (Lipinski definition) is 2. The molecule has 3 heteroatoms. The molecular weight excluding hydrogens is 176 g/mol. The van der Waals surface area contributed by atoms with Crippen LogP contribution in [0.5, 0.6) is 0 Å². The Kier molecular flexibility index (Phi) is 4.66. The van der Waals surface area contributed by atoms with Crippen molar-refractivity contribution >= 4 is 5.91 Å². The molecule has 14 heavy (non-hydrogen) atoms. The number of nitrogens with one attached hydrogen (secondary N) is 2. The summed E-state index contributed by atoms with van der Waals surface area (Å²) >= 11 is 0. The van der Waals surface area contributed by atoms with E-state index < -0.39 is 0 Å². The molecule has 0 spiro atoms. The van der Waals surface area contributed by atoms with Crippen LogP contribution >= 0.6 is 0 Å². The molecule has 0 saturated carbocycles. The summed E-state index contributed by atoms with van der Waals surface area (Å²) in [7, 11) is 0. The van der Waals surface area contributed by atoms with Gasteiger partial charge in [-0.15, -0.1) is 0 Å². The van der Waals surface area contributed by atoms with Crippen LogP contribution in [-0.4, -0.2) is 24.5 Å². The van der Waals surface area contributed by atoms with Crippen molar-refractivity contribution in [2.45, 2.75) is 45.2 Å². The van der Waals surface area contributed by atoms with Gasteiger partial charge in [-0.3, -0.25) is 4.79 Å². The molecule has 0 bridgehead atoms. The molecule has 0 unspecified atom stereocenters. The molecule has 0 radical (unpaired) electrons. The third-order valence-electron chi connectivity index (χ3n) is 2.24. The number of hydrogen-bond acceptors (Lipinski definition) is 2. The quantitative estimate of drug-likeness (QED) is 0.649. The van der Waals surface area contributed by atoms with Crippen LogP contribution in [0, 0.1) is 0 Å². The van der Waals surface area contributed by atoms with Crippen molar-refractivity contribution in [3.8, 4) is 0 Å². The van der Waals surface area contributed by atoms with E-state index in [9.17, 15) is 4.79 Å². The normalized spacial score (nSPS) is 16.5. The average molecular weight is 196 g/mol. The molecule has 0 aromatic carbocycles. The van der Waals surface area contributed by atoms with Gasteiger partial charge in [0.2, 0.25) is 5.91 Å². The van der Waals surface area contributed by atoms with Gasteiger partial charge < -0.3 is 10.6 Å². The Bertz CT molecular complexity index is 203.